The molecule has 0 atom stereocenters. The molecule has 0 unspecified atom stereocenters. The van der Waals surface area contributed by atoms with Crippen molar-refractivity contribution in [3.05, 3.63) is 64.0 Å². The van der Waals surface area contributed by atoms with Gasteiger partial charge in [-0.15, -0.1) is 0 Å². The van der Waals surface area contributed by atoms with Crippen LogP contribution in [0.3, 0.4) is 0 Å². The van der Waals surface area contributed by atoms with Crippen molar-refractivity contribution in [2.75, 3.05) is 26.2 Å². The van der Waals surface area contributed by atoms with E-state index in [1.54, 1.807) is 24.0 Å². The van der Waals surface area contributed by atoms with Gasteiger partial charge in [0, 0.05) is 56.3 Å². The van der Waals surface area contributed by atoms with E-state index < -0.39 is 14.9 Å². The van der Waals surface area contributed by atoms with Gasteiger partial charge in [-0.05, 0) is 24.6 Å². The van der Waals surface area contributed by atoms with E-state index in [0.717, 1.165) is 6.07 Å². The van der Waals surface area contributed by atoms with Gasteiger partial charge in [0.15, 0.2) is 0 Å². The second kappa shape index (κ2) is 7.41. The summed E-state index contributed by atoms with van der Waals surface area (Å²) in [6.07, 6.45) is 3.05. The number of amides is 1. The molecule has 1 aliphatic heterocycles. The maximum Gasteiger partial charge on any atom is 0.270 e. The Morgan fingerprint density at radius 1 is 1.11 bits per heavy atom. The number of non-ortho nitro benzene ring substituents is 1. The highest BCUT2D eigenvalue weighted by Crippen LogP contribution is 2.25. The molecule has 3 rings (SSSR count). The standard InChI is InChI=1S/C17H18N4O5S/c1-13-2-3-15(21(23)24)12-16(13)27(25,26)20-10-8-19(9-11-20)17(22)14-4-6-18-7-5-14/h2-7,12H,8-11H2,1H3. The zero-order valence-corrected chi connectivity index (χ0v) is 15.4. The molecule has 0 N–H and O–H groups in total. The number of hydrogen-bond acceptors (Lipinski definition) is 6. The predicted molar refractivity (Wildman–Crippen MR) is 96.7 cm³/mol. The zero-order chi connectivity index (χ0) is 19.6. The summed E-state index contributed by atoms with van der Waals surface area (Å²) in [5.74, 6) is -0.180. The molecule has 1 aromatic heterocycles. The lowest BCUT2D eigenvalue weighted by Gasteiger charge is -2.34. The summed E-state index contributed by atoms with van der Waals surface area (Å²) in [5, 5.41) is 11.0. The molecule has 1 amide bonds. The average molecular weight is 390 g/mol. The van der Waals surface area contributed by atoms with Crippen molar-refractivity contribution in [2.45, 2.75) is 11.8 Å². The Hall–Kier alpha value is -2.85. The van der Waals surface area contributed by atoms with E-state index in [4.69, 9.17) is 0 Å². The fourth-order valence-corrected chi connectivity index (χ4v) is 4.59. The number of piperazine rings is 1. The minimum atomic E-state index is -3.88. The fourth-order valence-electron chi connectivity index (χ4n) is 2.93. The number of aryl methyl sites for hydroxylation is 1. The highest BCUT2D eigenvalue weighted by molar-refractivity contribution is 7.89. The first-order chi connectivity index (χ1) is 12.8. The van der Waals surface area contributed by atoms with Crippen LogP contribution in [0.4, 0.5) is 5.69 Å². The van der Waals surface area contributed by atoms with Crippen LogP contribution >= 0.6 is 0 Å². The van der Waals surface area contributed by atoms with E-state index in [1.165, 1.54) is 28.8 Å². The van der Waals surface area contributed by atoms with Crippen molar-refractivity contribution >= 4 is 21.6 Å². The van der Waals surface area contributed by atoms with Crippen LogP contribution in [-0.4, -0.2) is 59.6 Å². The van der Waals surface area contributed by atoms with Crippen LogP contribution in [0.15, 0.2) is 47.6 Å². The topological polar surface area (TPSA) is 114 Å². The normalized spacial score (nSPS) is 15.5. The summed E-state index contributed by atoms with van der Waals surface area (Å²) in [5.41, 5.74) is 0.664. The number of nitrogens with zero attached hydrogens (tertiary/aromatic N) is 4. The van der Waals surface area contributed by atoms with E-state index in [0.29, 0.717) is 11.1 Å². The number of carbonyl (C=O) groups excluding carboxylic acids is 1. The van der Waals surface area contributed by atoms with Crippen LogP contribution in [0.25, 0.3) is 0 Å². The largest absolute Gasteiger partial charge is 0.336 e. The van der Waals surface area contributed by atoms with Gasteiger partial charge in [-0.1, -0.05) is 6.07 Å². The highest BCUT2D eigenvalue weighted by atomic mass is 32.2. The molecule has 27 heavy (non-hydrogen) atoms. The fraction of sp³-hybridized carbons (Fsp3) is 0.294. The number of benzene rings is 1. The minimum absolute atomic E-state index is 0.0781. The second-order valence-corrected chi connectivity index (χ2v) is 8.05. The molecule has 2 aromatic rings. The number of rotatable bonds is 4. The summed E-state index contributed by atoms with van der Waals surface area (Å²) in [6.45, 7) is 2.34. The lowest BCUT2D eigenvalue weighted by atomic mass is 10.2. The van der Waals surface area contributed by atoms with Gasteiger partial charge in [0.1, 0.15) is 0 Å². The Bertz CT molecular complexity index is 970. The highest BCUT2D eigenvalue weighted by Gasteiger charge is 2.32. The van der Waals surface area contributed by atoms with Crippen molar-refractivity contribution in [3.63, 3.8) is 0 Å². The predicted octanol–water partition coefficient (Wildman–Crippen LogP) is 1.44. The van der Waals surface area contributed by atoms with E-state index >= 15 is 0 Å². The molecular weight excluding hydrogens is 372 g/mol. The Morgan fingerprint density at radius 3 is 2.33 bits per heavy atom. The van der Waals surface area contributed by atoms with Crippen molar-refractivity contribution in [3.8, 4) is 0 Å². The smallest absolute Gasteiger partial charge is 0.270 e. The van der Waals surface area contributed by atoms with Gasteiger partial charge in [-0.3, -0.25) is 19.9 Å². The van der Waals surface area contributed by atoms with Gasteiger partial charge in [-0.2, -0.15) is 4.31 Å². The van der Waals surface area contributed by atoms with Crippen LogP contribution < -0.4 is 0 Å². The summed E-state index contributed by atoms with van der Waals surface area (Å²) in [6, 6.07) is 7.00. The van der Waals surface area contributed by atoms with Gasteiger partial charge >= 0.3 is 0 Å². The van der Waals surface area contributed by atoms with Crippen molar-refractivity contribution in [1.29, 1.82) is 0 Å². The molecule has 1 saturated heterocycles. The average Bonchev–Trinajstić information content (AvgIpc) is 2.68. The maximum atomic E-state index is 12.9. The summed E-state index contributed by atoms with van der Waals surface area (Å²) < 4.78 is 27.1. The number of sulfonamides is 1. The van der Waals surface area contributed by atoms with Crippen LogP contribution in [0.1, 0.15) is 15.9 Å². The number of pyridine rings is 1. The quantitative estimate of drug-likeness (QED) is 0.577. The zero-order valence-electron chi connectivity index (χ0n) is 14.6. The van der Waals surface area contributed by atoms with E-state index in [-0.39, 0.29) is 42.7 Å². The number of aromatic nitrogens is 1. The van der Waals surface area contributed by atoms with Crippen LogP contribution in [-0.2, 0) is 10.0 Å². The van der Waals surface area contributed by atoms with Gasteiger partial charge in [-0.25, -0.2) is 8.42 Å². The molecule has 9 nitrogen and oxygen atoms in total. The molecule has 1 aliphatic rings. The van der Waals surface area contributed by atoms with Crippen molar-refractivity contribution < 1.29 is 18.1 Å². The van der Waals surface area contributed by atoms with Gasteiger partial charge in [0.2, 0.25) is 10.0 Å². The van der Waals surface area contributed by atoms with Crippen LogP contribution in [0.5, 0.6) is 0 Å². The number of nitro groups is 1. The van der Waals surface area contributed by atoms with Crippen LogP contribution in [0, 0.1) is 17.0 Å². The Morgan fingerprint density at radius 2 is 1.74 bits per heavy atom. The van der Waals surface area contributed by atoms with Gasteiger partial charge in [0.25, 0.3) is 11.6 Å². The number of carbonyl (C=O) groups is 1. The van der Waals surface area contributed by atoms with Crippen molar-refractivity contribution in [1.82, 2.24) is 14.2 Å². The molecular formula is C17H18N4O5S. The number of hydrogen-bond donors (Lipinski definition) is 0. The molecule has 1 fully saturated rings. The summed E-state index contributed by atoms with van der Waals surface area (Å²) in [7, 11) is -3.88. The number of nitro benzene ring substituents is 1. The molecule has 0 spiro atoms. The van der Waals surface area contributed by atoms with E-state index in [9.17, 15) is 23.3 Å². The SMILES string of the molecule is Cc1ccc([N+](=O)[O-])cc1S(=O)(=O)N1CCN(C(=O)c2ccncc2)CC1. The third-order valence-electron chi connectivity index (χ3n) is 4.45. The maximum absolute atomic E-state index is 12.9. The minimum Gasteiger partial charge on any atom is -0.336 e. The Labute approximate surface area is 156 Å². The van der Waals surface area contributed by atoms with Gasteiger partial charge in [0.05, 0.1) is 9.82 Å². The van der Waals surface area contributed by atoms with Crippen LogP contribution in [0.2, 0.25) is 0 Å². The monoisotopic (exact) mass is 390 g/mol. The summed E-state index contributed by atoms with van der Waals surface area (Å²) in [4.78, 5) is 28.2. The first-order valence-corrected chi connectivity index (χ1v) is 9.69. The summed E-state index contributed by atoms with van der Waals surface area (Å²) >= 11 is 0. The Kier molecular flexibility index (Phi) is 5.19. The molecule has 0 aliphatic carbocycles. The molecule has 2 heterocycles. The van der Waals surface area contributed by atoms with Crippen molar-refractivity contribution in [2.24, 2.45) is 0 Å². The van der Waals surface area contributed by atoms with E-state index in [1.807, 2.05) is 0 Å². The molecule has 0 saturated carbocycles. The first kappa shape index (κ1) is 18.9. The first-order valence-electron chi connectivity index (χ1n) is 8.25. The Balaban J connectivity index is 1.76. The third kappa shape index (κ3) is 3.81. The lowest BCUT2D eigenvalue weighted by Crippen LogP contribution is -2.50. The molecule has 0 bridgehead atoms. The third-order valence-corrected chi connectivity index (χ3v) is 6.49. The lowest BCUT2D eigenvalue weighted by molar-refractivity contribution is -0.385. The van der Waals surface area contributed by atoms with E-state index in [2.05, 4.69) is 4.98 Å². The molecule has 1 aromatic carbocycles. The molecule has 0 radical (unpaired) electrons. The van der Waals surface area contributed by atoms with Gasteiger partial charge < -0.3 is 4.90 Å². The molecule has 142 valence electrons. The molecule has 10 heteroatoms. The second-order valence-electron chi connectivity index (χ2n) is 6.14.